The second-order valence-electron chi connectivity index (χ2n) is 7.37. The van der Waals surface area contributed by atoms with Crippen LogP contribution in [0.25, 0.3) is 5.82 Å². The highest BCUT2D eigenvalue weighted by Crippen LogP contribution is 2.53. The van der Waals surface area contributed by atoms with E-state index in [9.17, 15) is 4.39 Å². The molecule has 0 atom stereocenters. The van der Waals surface area contributed by atoms with Crippen LogP contribution in [0.3, 0.4) is 0 Å². The van der Waals surface area contributed by atoms with Crippen molar-refractivity contribution in [3.63, 3.8) is 0 Å². The topological polar surface area (TPSA) is 52.8 Å². The molecule has 1 aliphatic carbocycles. The molecule has 1 fully saturated rings. The van der Waals surface area contributed by atoms with E-state index >= 15 is 0 Å². The second-order valence-corrected chi connectivity index (χ2v) is 7.37. The summed E-state index contributed by atoms with van der Waals surface area (Å²) in [5.74, 6) is 0.408. The number of pyridine rings is 1. The van der Waals surface area contributed by atoms with Crippen molar-refractivity contribution in [1.29, 1.82) is 0 Å². The highest BCUT2D eigenvalue weighted by atomic mass is 19.1. The van der Waals surface area contributed by atoms with Gasteiger partial charge in [0.25, 0.3) is 0 Å². The number of benzene rings is 2. The lowest BCUT2D eigenvalue weighted by Gasteiger charge is -2.17. The van der Waals surface area contributed by atoms with Gasteiger partial charge in [0.15, 0.2) is 17.4 Å². The fourth-order valence-electron chi connectivity index (χ4n) is 3.64. The van der Waals surface area contributed by atoms with Crippen molar-refractivity contribution < 1.29 is 9.13 Å². The van der Waals surface area contributed by atoms with Crippen molar-refractivity contribution in [2.75, 3.05) is 0 Å². The van der Waals surface area contributed by atoms with Gasteiger partial charge < -0.3 is 4.74 Å². The van der Waals surface area contributed by atoms with Gasteiger partial charge in [-0.3, -0.25) is 0 Å². The first-order valence-corrected chi connectivity index (χ1v) is 9.52. The van der Waals surface area contributed by atoms with E-state index in [0.29, 0.717) is 11.6 Å². The van der Waals surface area contributed by atoms with Gasteiger partial charge in [0.2, 0.25) is 0 Å². The minimum atomic E-state index is -0.519. The molecule has 0 spiro atoms. The Labute approximate surface area is 167 Å². The summed E-state index contributed by atoms with van der Waals surface area (Å²) in [5, 5.41) is 7.89. The van der Waals surface area contributed by atoms with Crippen LogP contribution in [0.15, 0.2) is 73.2 Å². The number of nitrogens with zero attached hydrogens (tertiary/aromatic N) is 4. The molecule has 0 bridgehead atoms. The first-order valence-electron chi connectivity index (χ1n) is 9.52. The van der Waals surface area contributed by atoms with E-state index in [2.05, 4.69) is 58.5 Å². The van der Waals surface area contributed by atoms with Crippen molar-refractivity contribution in [2.24, 2.45) is 0 Å². The zero-order valence-corrected chi connectivity index (χ0v) is 15.9. The summed E-state index contributed by atoms with van der Waals surface area (Å²) < 4.78 is 20.1. The minimum absolute atomic E-state index is 0.0633. The maximum atomic E-state index is 14.4. The Morgan fingerprint density at radius 1 is 0.931 bits per heavy atom. The molecule has 0 unspecified atom stereocenters. The third kappa shape index (κ3) is 3.27. The van der Waals surface area contributed by atoms with Gasteiger partial charge in [-0.1, -0.05) is 42.0 Å². The average molecular weight is 386 g/mol. The van der Waals surface area contributed by atoms with Crippen molar-refractivity contribution in [2.45, 2.75) is 25.2 Å². The van der Waals surface area contributed by atoms with Crippen molar-refractivity contribution in [1.82, 2.24) is 20.0 Å². The number of hydrogen-bond donors (Lipinski definition) is 0. The Hall–Kier alpha value is -3.54. The maximum Gasteiger partial charge on any atom is 0.181 e. The van der Waals surface area contributed by atoms with E-state index in [1.165, 1.54) is 46.1 Å². The summed E-state index contributed by atoms with van der Waals surface area (Å²) in [6.07, 6.45) is 6.63. The van der Waals surface area contributed by atoms with E-state index < -0.39 is 5.82 Å². The molecule has 1 aliphatic rings. The Bertz CT molecular complexity index is 1130. The predicted molar refractivity (Wildman–Crippen MR) is 107 cm³/mol. The second kappa shape index (κ2) is 6.81. The SMILES string of the molecule is Cc1ccc(C2(c3ccc(Oc4cnc(-n5nccn5)cc4F)cc3)CC2)cc1. The van der Waals surface area contributed by atoms with Gasteiger partial charge in [0.1, 0.15) is 5.75 Å². The first-order chi connectivity index (χ1) is 14.1. The molecule has 1 saturated carbocycles. The first kappa shape index (κ1) is 17.6. The Morgan fingerprint density at radius 3 is 2.14 bits per heavy atom. The smallest absolute Gasteiger partial charge is 0.181 e. The van der Waals surface area contributed by atoms with Crippen LogP contribution in [0.1, 0.15) is 29.5 Å². The fraction of sp³-hybridized carbons (Fsp3) is 0.174. The molecule has 0 aliphatic heterocycles. The van der Waals surface area contributed by atoms with Crippen molar-refractivity contribution >= 4 is 0 Å². The van der Waals surface area contributed by atoms with Gasteiger partial charge in [-0.2, -0.15) is 10.2 Å². The molecule has 6 heteroatoms. The minimum Gasteiger partial charge on any atom is -0.453 e. The lowest BCUT2D eigenvalue weighted by Crippen LogP contribution is -2.08. The molecule has 5 nitrogen and oxygen atoms in total. The van der Waals surface area contributed by atoms with Crippen molar-refractivity contribution in [3.8, 4) is 17.3 Å². The average Bonchev–Trinajstić information content (AvgIpc) is 3.36. The quantitative estimate of drug-likeness (QED) is 0.485. The maximum absolute atomic E-state index is 14.4. The Kier molecular flexibility index (Phi) is 4.12. The van der Waals surface area contributed by atoms with E-state index in [0.717, 1.165) is 12.8 Å². The van der Waals surface area contributed by atoms with Crippen molar-refractivity contribution in [3.05, 3.63) is 95.7 Å². The Balaban J connectivity index is 1.35. The molecular weight excluding hydrogens is 367 g/mol. The highest BCUT2D eigenvalue weighted by Gasteiger charge is 2.45. The molecule has 2 aromatic carbocycles. The number of rotatable bonds is 5. The molecule has 0 radical (unpaired) electrons. The Morgan fingerprint density at radius 2 is 1.55 bits per heavy atom. The monoisotopic (exact) mass is 386 g/mol. The molecular formula is C23H19FN4O. The molecule has 0 amide bonds. The summed E-state index contributed by atoms with van der Waals surface area (Å²) >= 11 is 0. The van der Waals surface area contributed by atoms with Crippen LogP contribution >= 0.6 is 0 Å². The zero-order chi connectivity index (χ0) is 19.8. The molecule has 5 rings (SSSR count). The van der Waals surface area contributed by atoms with E-state index in [1.807, 2.05) is 12.1 Å². The van der Waals surface area contributed by atoms with Crippen LogP contribution in [0.5, 0.6) is 11.5 Å². The summed E-state index contributed by atoms with van der Waals surface area (Å²) in [7, 11) is 0. The largest absolute Gasteiger partial charge is 0.453 e. The molecule has 4 aromatic rings. The third-order valence-electron chi connectivity index (χ3n) is 5.42. The van der Waals surface area contributed by atoms with Gasteiger partial charge >= 0.3 is 0 Å². The lowest BCUT2D eigenvalue weighted by atomic mass is 9.88. The molecule has 29 heavy (non-hydrogen) atoms. The van der Waals surface area contributed by atoms with Gasteiger partial charge in [0, 0.05) is 11.5 Å². The molecule has 0 saturated heterocycles. The fourth-order valence-corrected chi connectivity index (χ4v) is 3.64. The van der Waals surface area contributed by atoms with E-state index in [4.69, 9.17) is 4.74 Å². The number of hydrogen-bond acceptors (Lipinski definition) is 4. The molecule has 2 aromatic heterocycles. The summed E-state index contributed by atoms with van der Waals surface area (Å²) in [6.45, 7) is 2.10. The van der Waals surface area contributed by atoms with Gasteiger partial charge in [0.05, 0.1) is 18.6 Å². The van der Waals surface area contributed by atoms with Crippen LogP contribution in [0, 0.1) is 12.7 Å². The van der Waals surface area contributed by atoms with Gasteiger partial charge in [-0.15, -0.1) is 4.80 Å². The van der Waals surface area contributed by atoms with E-state index in [-0.39, 0.29) is 11.2 Å². The van der Waals surface area contributed by atoms with Gasteiger partial charge in [-0.05, 0) is 43.0 Å². The van der Waals surface area contributed by atoms with Gasteiger partial charge in [-0.25, -0.2) is 9.37 Å². The van der Waals surface area contributed by atoms with Crippen LogP contribution in [-0.2, 0) is 5.41 Å². The van der Waals surface area contributed by atoms with E-state index in [1.54, 1.807) is 0 Å². The van der Waals surface area contributed by atoms with Crippen LogP contribution < -0.4 is 4.74 Å². The standard InChI is InChI=1S/C23H19FN4O/c1-16-2-4-17(5-3-16)23(10-11-23)18-6-8-19(9-7-18)29-21-15-25-22(14-20(21)24)28-26-12-13-27-28/h2-9,12-15H,10-11H2,1H3. The number of halogens is 1. The molecule has 2 heterocycles. The number of ether oxygens (including phenoxy) is 1. The predicted octanol–water partition coefficient (Wildman–Crippen LogP) is 4.98. The molecule has 0 N–H and O–H groups in total. The number of aryl methyl sites for hydroxylation is 1. The molecule has 144 valence electrons. The van der Waals surface area contributed by atoms with Crippen LogP contribution in [0.2, 0.25) is 0 Å². The summed E-state index contributed by atoms with van der Waals surface area (Å²) in [4.78, 5) is 5.42. The lowest BCUT2D eigenvalue weighted by molar-refractivity contribution is 0.438. The zero-order valence-electron chi connectivity index (χ0n) is 15.9. The van der Waals surface area contributed by atoms with Crippen LogP contribution in [0.4, 0.5) is 4.39 Å². The summed E-state index contributed by atoms with van der Waals surface area (Å²) in [5.41, 5.74) is 3.96. The summed E-state index contributed by atoms with van der Waals surface area (Å²) in [6, 6.07) is 17.9. The highest BCUT2D eigenvalue weighted by molar-refractivity contribution is 5.47. The number of aromatic nitrogens is 4. The van der Waals surface area contributed by atoms with Crippen LogP contribution in [-0.4, -0.2) is 20.0 Å². The third-order valence-corrected chi connectivity index (χ3v) is 5.42. The normalized spacial score (nSPS) is 14.6.